The van der Waals surface area contributed by atoms with Crippen LogP contribution in [0.4, 0.5) is 5.69 Å². The van der Waals surface area contributed by atoms with E-state index in [0.717, 1.165) is 42.9 Å². The van der Waals surface area contributed by atoms with Crippen molar-refractivity contribution in [1.29, 1.82) is 0 Å². The van der Waals surface area contributed by atoms with E-state index in [1.54, 1.807) is 12.1 Å². The van der Waals surface area contributed by atoms with Crippen LogP contribution in [0.25, 0.3) is 11.3 Å². The van der Waals surface area contributed by atoms with E-state index in [4.69, 9.17) is 5.73 Å². The number of nitrogens with two attached hydrogens (primary N) is 1. The van der Waals surface area contributed by atoms with Gasteiger partial charge in [-0.3, -0.25) is 0 Å². The Labute approximate surface area is 118 Å². The molecule has 1 aromatic heterocycles. The number of hydrogen-bond acceptors (Lipinski definition) is 5. The van der Waals surface area contributed by atoms with Crippen LogP contribution in [0, 0.1) is 0 Å². The second-order valence-electron chi connectivity index (χ2n) is 5.10. The maximum absolute atomic E-state index is 10.0. The highest BCUT2D eigenvalue weighted by Gasteiger charge is 2.20. The molecule has 3 rings (SSSR count). The van der Waals surface area contributed by atoms with Crippen LogP contribution in [-0.2, 0) is 0 Å². The third-order valence-corrected chi connectivity index (χ3v) is 3.73. The van der Waals surface area contributed by atoms with Gasteiger partial charge in [-0.15, -0.1) is 0 Å². The first-order valence-electron chi connectivity index (χ1n) is 6.84. The van der Waals surface area contributed by atoms with Crippen LogP contribution in [0.3, 0.4) is 0 Å². The minimum absolute atomic E-state index is 0.237. The van der Waals surface area contributed by atoms with Gasteiger partial charge in [0, 0.05) is 24.7 Å². The molecule has 0 saturated carbocycles. The van der Waals surface area contributed by atoms with E-state index in [0.29, 0.717) is 0 Å². The zero-order chi connectivity index (χ0) is 13.9. The minimum atomic E-state index is 0.237. The molecule has 5 nitrogen and oxygen atoms in total. The summed E-state index contributed by atoms with van der Waals surface area (Å²) in [5.41, 5.74) is 8.42. The zero-order valence-corrected chi connectivity index (χ0v) is 11.2. The number of hydrogen-bond donors (Lipinski definition) is 2. The van der Waals surface area contributed by atoms with Crippen LogP contribution < -0.4 is 10.6 Å². The largest absolute Gasteiger partial charge is 0.507 e. The number of nitrogens with zero attached hydrogens (tertiary/aromatic N) is 3. The topological polar surface area (TPSA) is 75.3 Å². The van der Waals surface area contributed by atoms with E-state index in [1.165, 1.54) is 6.33 Å². The van der Waals surface area contributed by atoms with Gasteiger partial charge in [0.05, 0.1) is 11.9 Å². The average Bonchev–Trinajstić information content (AvgIpc) is 2.49. The van der Waals surface area contributed by atoms with E-state index in [9.17, 15) is 5.11 Å². The average molecular weight is 270 g/mol. The molecule has 1 saturated heterocycles. The molecule has 0 amide bonds. The number of phenols is 1. The van der Waals surface area contributed by atoms with Crippen LogP contribution >= 0.6 is 0 Å². The molecule has 1 fully saturated rings. The summed E-state index contributed by atoms with van der Waals surface area (Å²) in [6.07, 6.45) is 5.26. The Morgan fingerprint density at radius 1 is 1.20 bits per heavy atom. The molecule has 1 aromatic carbocycles. The summed E-state index contributed by atoms with van der Waals surface area (Å²) in [4.78, 5) is 10.7. The Hall–Kier alpha value is -2.14. The molecule has 20 heavy (non-hydrogen) atoms. The first kappa shape index (κ1) is 12.9. The first-order valence-corrected chi connectivity index (χ1v) is 6.84. The summed E-state index contributed by atoms with van der Waals surface area (Å²) in [5.74, 6) is 0.237. The second-order valence-corrected chi connectivity index (χ2v) is 5.10. The molecule has 2 heterocycles. The Kier molecular flexibility index (Phi) is 3.52. The fourth-order valence-corrected chi connectivity index (χ4v) is 2.58. The van der Waals surface area contributed by atoms with E-state index in [2.05, 4.69) is 14.9 Å². The van der Waals surface area contributed by atoms with Gasteiger partial charge in [0.2, 0.25) is 0 Å². The van der Waals surface area contributed by atoms with E-state index < -0.39 is 0 Å². The first-order chi connectivity index (χ1) is 9.75. The highest BCUT2D eigenvalue weighted by molar-refractivity contribution is 5.78. The van der Waals surface area contributed by atoms with Crippen molar-refractivity contribution >= 4 is 5.69 Å². The SMILES string of the molecule is NC1CCN(c2cncnc2-c2ccccc2O)CC1. The van der Waals surface area contributed by atoms with Crippen LogP contribution in [0.15, 0.2) is 36.8 Å². The minimum Gasteiger partial charge on any atom is -0.507 e. The Morgan fingerprint density at radius 3 is 2.70 bits per heavy atom. The van der Waals surface area contributed by atoms with E-state index in [1.807, 2.05) is 18.3 Å². The molecule has 1 aliphatic rings. The molecule has 0 spiro atoms. The third kappa shape index (κ3) is 2.44. The summed E-state index contributed by atoms with van der Waals surface area (Å²) in [5, 5.41) is 10.0. The maximum Gasteiger partial charge on any atom is 0.125 e. The zero-order valence-electron chi connectivity index (χ0n) is 11.2. The number of para-hydroxylation sites is 1. The molecule has 0 atom stereocenters. The van der Waals surface area contributed by atoms with Crippen LogP contribution in [0.1, 0.15) is 12.8 Å². The van der Waals surface area contributed by atoms with E-state index >= 15 is 0 Å². The highest BCUT2D eigenvalue weighted by atomic mass is 16.3. The van der Waals surface area contributed by atoms with Crippen molar-refractivity contribution < 1.29 is 5.11 Å². The van der Waals surface area contributed by atoms with Crippen LogP contribution in [0.5, 0.6) is 5.75 Å². The van der Waals surface area contributed by atoms with Crippen molar-refractivity contribution in [2.24, 2.45) is 5.73 Å². The number of aromatic hydroxyl groups is 1. The van der Waals surface area contributed by atoms with Gasteiger partial charge >= 0.3 is 0 Å². The van der Waals surface area contributed by atoms with E-state index in [-0.39, 0.29) is 11.8 Å². The lowest BCUT2D eigenvalue weighted by atomic mass is 10.0. The quantitative estimate of drug-likeness (QED) is 0.870. The van der Waals surface area contributed by atoms with Crippen LogP contribution in [-0.4, -0.2) is 34.2 Å². The standard InChI is InChI=1S/C15H18N4O/c16-11-5-7-19(8-6-11)13-9-17-10-18-15(13)12-3-1-2-4-14(12)20/h1-4,9-11,20H,5-8,16H2. The van der Waals surface area contributed by atoms with Crippen molar-refractivity contribution in [1.82, 2.24) is 9.97 Å². The molecule has 0 bridgehead atoms. The molecule has 3 N–H and O–H groups in total. The fourth-order valence-electron chi connectivity index (χ4n) is 2.58. The smallest absolute Gasteiger partial charge is 0.125 e. The van der Waals surface area contributed by atoms with Gasteiger partial charge in [0.15, 0.2) is 0 Å². The number of anilines is 1. The van der Waals surface area contributed by atoms with Gasteiger partial charge in [0.25, 0.3) is 0 Å². The van der Waals surface area contributed by atoms with Gasteiger partial charge in [-0.1, -0.05) is 12.1 Å². The molecule has 0 radical (unpaired) electrons. The van der Waals surface area contributed by atoms with Crippen molar-refractivity contribution in [2.75, 3.05) is 18.0 Å². The molecule has 104 valence electrons. The molecular weight excluding hydrogens is 252 g/mol. The summed E-state index contributed by atoms with van der Waals surface area (Å²) in [7, 11) is 0. The monoisotopic (exact) mass is 270 g/mol. The molecule has 1 aliphatic heterocycles. The Morgan fingerprint density at radius 2 is 1.95 bits per heavy atom. The molecular formula is C15H18N4O. The normalized spacial score (nSPS) is 16.4. The third-order valence-electron chi connectivity index (χ3n) is 3.73. The molecule has 0 unspecified atom stereocenters. The Bertz CT molecular complexity index is 594. The number of phenolic OH excluding ortho intramolecular Hbond substituents is 1. The predicted octanol–water partition coefficient (Wildman–Crippen LogP) is 1.78. The molecule has 2 aromatic rings. The van der Waals surface area contributed by atoms with Crippen molar-refractivity contribution in [3.8, 4) is 17.0 Å². The second kappa shape index (κ2) is 5.46. The summed E-state index contributed by atoms with van der Waals surface area (Å²) in [6, 6.07) is 7.53. The van der Waals surface area contributed by atoms with Crippen LogP contribution in [0.2, 0.25) is 0 Å². The number of piperidine rings is 1. The Balaban J connectivity index is 1.99. The summed E-state index contributed by atoms with van der Waals surface area (Å²) < 4.78 is 0. The highest BCUT2D eigenvalue weighted by Crippen LogP contribution is 2.34. The maximum atomic E-state index is 10.0. The van der Waals surface area contributed by atoms with Gasteiger partial charge < -0.3 is 15.7 Å². The number of aromatic nitrogens is 2. The fraction of sp³-hybridized carbons (Fsp3) is 0.333. The summed E-state index contributed by atoms with van der Waals surface area (Å²) >= 11 is 0. The number of benzene rings is 1. The lowest BCUT2D eigenvalue weighted by Crippen LogP contribution is -2.40. The van der Waals surface area contributed by atoms with Gasteiger partial charge in [-0.2, -0.15) is 0 Å². The lowest BCUT2D eigenvalue weighted by Gasteiger charge is -2.32. The van der Waals surface area contributed by atoms with Crippen molar-refractivity contribution in [3.05, 3.63) is 36.8 Å². The van der Waals surface area contributed by atoms with Gasteiger partial charge in [0.1, 0.15) is 17.8 Å². The lowest BCUT2D eigenvalue weighted by molar-refractivity contribution is 0.477. The van der Waals surface area contributed by atoms with Crippen molar-refractivity contribution in [2.45, 2.75) is 18.9 Å². The van der Waals surface area contributed by atoms with Crippen molar-refractivity contribution in [3.63, 3.8) is 0 Å². The van der Waals surface area contributed by atoms with Gasteiger partial charge in [-0.25, -0.2) is 9.97 Å². The molecule has 5 heteroatoms. The number of rotatable bonds is 2. The summed E-state index contributed by atoms with van der Waals surface area (Å²) in [6.45, 7) is 1.80. The predicted molar refractivity (Wildman–Crippen MR) is 78.6 cm³/mol. The van der Waals surface area contributed by atoms with Gasteiger partial charge in [-0.05, 0) is 25.0 Å². The molecule has 0 aliphatic carbocycles.